The van der Waals surface area contributed by atoms with Gasteiger partial charge in [0.25, 0.3) is 0 Å². The van der Waals surface area contributed by atoms with Crippen molar-refractivity contribution in [1.29, 1.82) is 0 Å². The molecule has 0 spiro atoms. The third kappa shape index (κ3) is 6.16. The van der Waals surface area contributed by atoms with Crippen LogP contribution in [0, 0.1) is 0 Å². The minimum absolute atomic E-state index is 0.151. The van der Waals surface area contributed by atoms with Crippen LogP contribution in [-0.4, -0.2) is 27.2 Å². The molecule has 0 aliphatic rings. The van der Waals surface area contributed by atoms with Gasteiger partial charge in [0.05, 0.1) is 11.5 Å². The van der Waals surface area contributed by atoms with E-state index in [0.29, 0.717) is 12.1 Å². The maximum absolute atomic E-state index is 12.5. The van der Waals surface area contributed by atoms with E-state index in [1.807, 2.05) is 37.3 Å². The van der Waals surface area contributed by atoms with Gasteiger partial charge in [-0.05, 0) is 56.5 Å². The van der Waals surface area contributed by atoms with E-state index in [1.165, 1.54) is 29.8 Å². The molecule has 1 atom stereocenters. The van der Waals surface area contributed by atoms with Crippen LogP contribution in [0.5, 0.6) is 0 Å². The highest BCUT2D eigenvalue weighted by molar-refractivity contribution is 7.89. The lowest BCUT2D eigenvalue weighted by Gasteiger charge is -2.14. The van der Waals surface area contributed by atoms with E-state index in [-0.39, 0.29) is 17.5 Å². The number of ether oxygens (including phenoxy) is 1. The summed E-state index contributed by atoms with van der Waals surface area (Å²) in [5, 5.41) is 2.52. The van der Waals surface area contributed by atoms with Crippen LogP contribution in [0.2, 0.25) is 0 Å². The largest absolute Gasteiger partial charge is 0.450 e. The van der Waals surface area contributed by atoms with Crippen LogP contribution >= 0.6 is 0 Å². The van der Waals surface area contributed by atoms with Crippen molar-refractivity contribution in [3.63, 3.8) is 0 Å². The fourth-order valence-corrected chi connectivity index (χ4v) is 3.70. The number of sulfonamides is 1. The van der Waals surface area contributed by atoms with E-state index in [1.54, 1.807) is 6.92 Å². The third-order valence-corrected chi connectivity index (χ3v) is 5.36. The maximum Gasteiger partial charge on any atom is 0.411 e. The molecule has 0 bridgehead atoms. The van der Waals surface area contributed by atoms with Gasteiger partial charge >= 0.3 is 6.09 Å². The fourth-order valence-electron chi connectivity index (χ4n) is 2.42. The summed E-state index contributed by atoms with van der Waals surface area (Å²) in [5.74, 6) is 0. The molecule has 0 aliphatic heterocycles. The molecule has 0 radical (unpaired) electrons. The Balaban J connectivity index is 1.93. The highest BCUT2D eigenvalue weighted by Crippen LogP contribution is 2.15. The van der Waals surface area contributed by atoms with Crippen LogP contribution in [0.4, 0.5) is 10.5 Å². The monoisotopic (exact) mass is 376 g/mol. The number of aryl methyl sites for hydroxylation is 1. The number of carbonyl (C=O) groups is 1. The molecule has 2 aromatic rings. The van der Waals surface area contributed by atoms with Crippen molar-refractivity contribution in [2.75, 3.05) is 11.9 Å². The average Bonchev–Trinajstić information content (AvgIpc) is 2.61. The average molecular weight is 376 g/mol. The van der Waals surface area contributed by atoms with E-state index < -0.39 is 16.1 Å². The van der Waals surface area contributed by atoms with E-state index in [4.69, 9.17) is 4.74 Å². The number of benzene rings is 2. The molecular weight excluding hydrogens is 352 g/mol. The summed E-state index contributed by atoms with van der Waals surface area (Å²) in [6, 6.07) is 15.7. The van der Waals surface area contributed by atoms with Crippen molar-refractivity contribution in [3.8, 4) is 0 Å². The number of hydrogen-bond acceptors (Lipinski definition) is 4. The summed E-state index contributed by atoms with van der Waals surface area (Å²) < 4.78 is 32.4. The molecule has 2 rings (SSSR count). The van der Waals surface area contributed by atoms with Gasteiger partial charge in [0.2, 0.25) is 10.0 Å². The van der Waals surface area contributed by atoms with Crippen molar-refractivity contribution in [2.24, 2.45) is 0 Å². The predicted molar refractivity (Wildman–Crippen MR) is 102 cm³/mol. The molecule has 0 heterocycles. The first-order chi connectivity index (χ1) is 12.4. The topological polar surface area (TPSA) is 84.5 Å². The Morgan fingerprint density at radius 2 is 1.73 bits per heavy atom. The lowest BCUT2D eigenvalue weighted by molar-refractivity contribution is 0.168. The first-order valence-corrected chi connectivity index (χ1v) is 9.99. The Morgan fingerprint density at radius 1 is 1.08 bits per heavy atom. The molecule has 0 unspecified atom stereocenters. The zero-order valence-electron chi connectivity index (χ0n) is 14.9. The van der Waals surface area contributed by atoms with Crippen molar-refractivity contribution in [3.05, 3.63) is 60.2 Å². The van der Waals surface area contributed by atoms with Crippen LogP contribution in [0.15, 0.2) is 59.5 Å². The standard InChI is InChI=1S/C19H24N2O4S/c1-3-25-19(22)20-17-11-13-18(14-12-17)26(23,24)21-15(2)9-10-16-7-5-4-6-8-16/h4-8,11-15,21H,3,9-10H2,1-2H3,(H,20,22)/t15-/m0/s1. The first kappa shape index (κ1) is 19.9. The highest BCUT2D eigenvalue weighted by Gasteiger charge is 2.17. The zero-order chi connectivity index (χ0) is 19.0. The highest BCUT2D eigenvalue weighted by atomic mass is 32.2. The number of rotatable bonds is 8. The fraction of sp³-hybridized carbons (Fsp3) is 0.316. The minimum atomic E-state index is -3.61. The van der Waals surface area contributed by atoms with Crippen LogP contribution in [0.1, 0.15) is 25.8 Å². The maximum atomic E-state index is 12.5. The molecular formula is C19H24N2O4S. The van der Waals surface area contributed by atoms with E-state index in [2.05, 4.69) is 10.0 Å². The van der Waals surface area contributed by atoms with Gasteiger partial charge in [0.15, 0.2) is 0 Å². The third-order valence-electron chi connectivity index (χ3n) is 3.75. The van der Waals surface area contributed by atoms with Gasteiger partial charge in [-0.25, -0.2) is 17.9 Å². The van der Waals surface area contributed by atoms with E-state index >= 15 is 0 Å². The van der Waals surface area contributed by atoms with Gasteiger partial charge in [0.1, 0.15) is 0 Å². The van der Waals surface area contributed by atoms with Crippen LogP contribution in [0.25, 0.3) is 0 Å². The number of anilines is 1. The second kappa shape index (κ2) is 9.35. The van der Waals surface area contributed by atoms with Crippen LogP contribution < -0.4 is 10.0 Å². The number of amides is 1. The Morgan fingerprint density at radius 3 is 2.35 bits per heavy atom. The number of hydrogen-bond donors (Lipinski definition) is 2. The summed E-state index contributed by atoms with van der Waals surface area (Å²) in [7, 11) is -3.61. The van der Waals surface area contributed by atoms with Crippen LogP contribution in [0.3, 0.4) is 0 Å². The van der Waals surface area contributed by atoms with Crippen molar-refractivity contribution in [2.45, 2.75) is 37.6 Å². The number of nitrogens with one attached hydrogen (secondary N) is 2. The molecule has 0 saturated heterocycles. The molecule has 6 nitrogen and oxygen atoms in total. The van der Waals surface area contributed by atoms with Crippen molar-refractivity contribution in [1.82, 2.24) is 4.72 Å². The summed E-state index contributed by atoms with van der Waals surface area (Å²) in [5.41, 5.74) is 1.65. The Labute approximate surface area is 154 Å². The first-order valence-electron chi connectivity index (χ1n) is 8.51. The zero-order valence-corrected chi connectivity index (χ0v) is 15.8. The second-order valence-electron chi connectivity index (χ2n) is 5.92. The normalized spacial score (nSPS) is 12.4. The summed E-state index contributed by atoms with van der Waals surface area (Å²) >= 11 is 0. The van der Waals surface area contributed by atoms with Crippen molar-refractivity contribution >= 4 is 21.8 Å². The van der Waals surface area contributed by atoms with Gasteiger partial charge in [-0.3, -0.25) is 5.32 Å². The lowest BCUT2D eigenvalue weighted by Crippen LogP contribution is -2.32. The molecule has 0 saturated carbocycles. The van der Waals surface area contributed by atoms with Crippen LogP contribution in [-0.2, 0) is 21.2 Å². The second-order valence-corrected chi connectivity index (χ2v) is 7.63. The molecule has 0 aliphatic carbocycles. The van der Waals surface area contributed by atoms with Gasteiger partial charge < -0.3 is 4.74 Å². The molecule has 0 aromatic heterocycles. The Bertz CT molecular complexity index is 805. The predicted octanol–water partition coefficient (Wildman–Crippen LogP) is 3.55. The van der Waals surface area contributed by atoms with E-state index in [0.717, 1.165) is 6.42 Å². The quantitative estimate of drug-likeness (QED) is 0.738. The van der Waals surface area contributed by atoms with Gasteiger partial charge in [-0.1, -0.05) is 30.3 Å². The molecule has 26 heavy (non-hydrogen) atoms. The van der Waals surface area contributed by atoms with E-state index in [9.17, 15) is 13.2 Å². The number of carbonyl (C=O) groups excluding carboxylic acids is 1. The summed E-state index contributed by atoms with van der Waals surface area (Å²) in [6.45, 7) is 3.82. The van der Waals surface area contributed by atoms with Gasteiger partial charge in [0, 0.05) is 11.7 Å². The molecule has 1 amide bonds. The van der Waals surface area contributed by atoms with Gasteiger partial charge in [-0.15, -0.1) is 0 Å². The molecule has 0 fully saturated rings. The molecule has 140 valence electrons. The molecule has 2 aromatic carbocycles. The lowest BCUT2D eigenvalue weighted by atomic mass is 10.1. The summed E-state index contributed by atoms with van der Waals surface area (Å²) in [4.78, 5) is 11.5. The molecule has 2 N–H and O–H groups in total. The minimum Gasteiger partial charge on any atom is -0.450 e. The summed E-state index contributed by atoms with van der Waals surface area (Å²) in [6.07, 6.45) is 0.925. The smallest absolute Gasteiger partial charge is 0.411 e. The SMILES string of the molecule is CCOC(=O)Nc1ccc(S(=O)(=O)N[C@@H](C)CCc2ccccc2)cc1. The molecule has 7 heteroatoms. The Hall–Kier alpha value is -2.38. The van der Waals surface area contributed by atoms with Crippen molar-refractivity contribution < 1.29 is 17.9 Å². The van der Waals surface area contributed by atoms with Gasteiger partial charge in [-0.2, -0.15) is 0 Å². The Kier molecular flexibility index (Phi) is 7.17.